The van der Waals surface area contributed by atoms with Gasteiger partial charge < -0.3 is 34.6 Å². The molecule has 5 atom stereocenters. The zero-order valence-corrected chi connectivity index (χ0v) is 14.9. The summed E-state index contributed by atoms with van der Waals surface area (Å²) in [6, 6.07) is 10.8. The highest BCUT2D eigenvalue weighted by atomic mass is 16.7. The molecular weight excluding hydrogens is 372 g/mol. The highest BCUT2D eigenvalue weighted by molar-refractivity contribution is 5.85. The molecule has 1 aliphatic rings. The highest BCUT2D eigenvalue weighted by Gasteiger charge is 2.48. The molecular formula is C19H20O9. The summed E-state index contributed by atoms with van der Waals surface area (Å²) in [5, 5.41) is 40.1. The van der Waals surface area contributed by atoms with Crippen molar-refractivity contribution in [1.29, 1.82) is 0 Å². The lowest BCUT2D eigenvalue weighted by atomic mass is 9.99. The van der Waals surface area contributed by atoms with Gasteiger partial charge in [0.25, 0.3) is 0 Å². The predicted molar refractivity (Wildman–Crippen MR) is 94.6 cm³/mol. The van der Waals surface area contributed by atoms with E-state index in [9.17, 15) is 24.9 Å². The molecule has 9 nitrogen and oxygen atoms in total. The van der Waals surface area contributed by atoms with Crippen molar-refractivity contribution in [3.05, 3.63) is 42.0 Å². The molecule has 3 rings (SSSR count). The summed E-state index contributed by atoms with van der Waals surface area (Å²) in [5.74, 6) is -1.63. The first kappa shape index (κ1) is 20.0. The third-order valence-corrected chi connectivity index (χ3v) is 4.52. The van der Waals surface area contributed by atoms with Crippen LogP contribution in [-0.4, -0.2) is 70.2 Å². The molecule has 150 valence electrons. The standard InChI is InChI=1S/C19H20O9/c1-26-12-5-4-10-6-9(2-3-11(10)8-12)7-13(20)27-19-16(23)14(21)15(22)17(28-19)18(24)25/h2-6,8,14-17,19,21-23H,7H2,1H3,(H,24,25)/t14?,15-,16?,17?,19+/m0/s1. The lowest BCUT2D eigenvalue weighted by Crippen LogP contribution is -2.60. The van der Waals surface area contributed by atoms with Crippen molar-refractivity contribution in [2.45, 2.75) is 37.1 Å². The summed E-state index contributed by atoms with van der Waals surface area (Å²) in [6.07, 6.45) is -9.16. The van der Waals surface area contributed by atoms with E-state index >= 15 is 0 Å². The van der Waals surface area contributed by atoms with Gasteiger partial charge >= 0.3 is 11.9 Å². The summed E-state index contributed by atoms with van der Waals surface area (Å²) in [4.78, 5) is 23.3. The summed E-state index contributed by atoms with van der Waals surface area (Å²) in [6.45, 7) is 0. The smallest absolute Gasteiger partial charge is 0.335 e. The van der Waals surface area contributed by atoms with E-state index in [0.29, 0.717) is 11.3 Å². The number of methoxy groups -OCH3 is 1. The zero-order valence-electron chi connectivity index (χ0n) is 14.9. The number of aliphatic hydroxyl groups excluding tert-OH is 3. The van der Waals surface area contributed by atoms with Crippen LogP contribution in [0.4, 0.5) is 0 Å². The Kier molecular flexibility index (Phi) is 5.80. The van der Waals surface area contributed by atoms with E-state index in [4.69, 9.17) is 19.3 Å². The summed E-state index contributed by atoms with van der Waals surface area (Å²) >= 11 is 0. The number of aliphatic hydroxyl groups is 3. The van der Waals surface area contributed by atoms with Crippen LogP contribution in [0.3, 0.4) is 0 Å². The van der Waals surface area contributed by atoms with Gasteiger partial charge in [0.15, 0.2) is 6.10 Å². The van der Waals surface area contributed by atoms with Crippen LogP contribution >= 0.6 is 0 Å². The van der Waals surface area contributed by atoms with Gasteiger partial charge in [0.2, 0.25) is 6.29 Å². The van der Waals surface area contributed by atoms with Gasteiger partial charge in [-0.25, -0.2) is 4.79 Å². The van der Waals surface area contributed by atoms with E-state index in [1.54, 1.807) is 25.3 Å². The summed E-state index contributed by atoms with van der Waals surface area (Å²) in [5.41, 5.74) is 0.628. The molecule has 2 aromatic carbocycles. The van der Waals surface area contributed by atoms with Crippen molar-refractivity contribution in [3.63, 3.8) is 0 Å². The lowest BCUT2D eigenvalue weighted by Gasteiger charge is -2.37. The SMILES string of the molecule is COc1ccc2cc(CC(=O)O[C@@H]3OC(C(=O)O)[C@@H](O)C(O)C3O)ccc2c1. The minimum absolute atomic E-state index is 0.162. The maximum absolute atomic E-state index is 12.2. The number of rotatable bonds is 5. The number of esters is 1. The maximum atomic E-state index is 12.2. The van der Waals surface area contributed by atoms with Gasteiger partial charge in [-0.3, -0.25) is 4.79 Å². The number of fused-ring (bicyclic) bond motifs is 1. The number of hydrogen-bond acceptors (Lipinski definition) is 8. The minimum atomic E-state index is -1.85. The molecule has 0 bridgehead atoms. The third-order valence-electron chi connectivity index (χ3n) is 4.52. The Morgan fingerprint density at radius 3 is 2.36 bits per heavy atom. The van der Waals surface area contributed by atoms with Crippen LogP contribution in [0.25, 0.3) is 10.8 Å². The van der Waals surface area contributed by atoms with Gasteiger partial charge in [-0.1, -0.05) is 24.3 Å². The predicted octanol–water partition coefficient (Wildman–Crippen LogP) is -0.174. The first-order valence-corrected chi connectivity index (χ1v) is 8.49. The quantitative estimate of drug-likeness (QED) is 0.510. The molecule has 0 radical (unpaired) electrons. The first-order chi connectivity index (χ1) is 13.3. The van der Waals surface area contributed by atoms with Gasteiger partial charge in [0.1, 0.15) is 24.1 Å². The lowest BCUT2D eigenvalue weighted by molar-refractivity contribution is -0.286. The Labute approximate surface area is 159 Å². The van der Waals surface area contributed by atoms with E-state index in [0.717, 1.165) is 10.8 Å². The second-order valence-corrected chi connectivity index (χ2v) is 6.45. The number of carbonyl (C=O) groups excluding carboxylic acids is 1. The van der Waals surface area contributed by atoms with Crippen molar-refractivity contribution < 1.29 is 44.2 Å². The molecule has 4 N–H and O–H groups in total. The molecule has 0 aliphatic carbocycles. The molecule has 1 saturated heterocycles. The van der Waals surface area contributed by atoms with Crippen LogP contribution in [-0.2, 0) is 25.5 Å². The van der Waals surface area contributed by atoms with Crippen LogP contribution < -0.4 is 4.74 Å². The molecule has 0 amide bonds. The highest BCUT2D eigenvalue weighted by Crippen LogP contribution is 2.24. The summed E-state index contributed by atoms with van der Waals surface area (Å²) < 4.78 is 15.1. The van der Waals surface area contributed by atoms with E-state index in [-0.39, 0.29) is 6.42 Å². The van der Waals surface area contributed by atoms with E-state index in [1.165, 1.54) is 0 Å². The van der Waals surface area contributed by atoms with Crippen molar-refractivity contribution in [2.24, 2.45) is 0 Å². The van der Waals surface area contributed by atoms with Crippen LogP contribution in [0.1, 0.15) is 5.56 Å². The number of benzene rings is 2. The van der Waals surface area contributed by atoms with Gasteiger partial charge in [0.05, 0.1) is 13.5 Å². The molecule has 28 heavy (non-hydrogen) atoms. The van der Waals surface area contributed by atoms with Crippen LogP contribution in [0.2, 0.25) is 0 Å². The fourth-order valence-electron chi connectivity index (χ4n) is 3.00. The molecule has 1 fully saturated rings. The Balaban J connectivity index is 1.69. The molecule has 0 spiro atoms. The van der Waals surface area contributed by atoms with Crippen LogP contribution in [0.15, 0.2) is 36.4 Å². The van der Waals surface area contributed by atoms with Gasteiger partial charge in [-0.05, 0) is 28.5 Å². The van der Waals surface area contributed by atoms with E-state index < -0.39 is 42.6 Å². The number of hydrogen-bond donors (Lipinski definition) is 4. The number of carboxylic acid groups (broad SMARTS) is 1. The Hall–Kier alpha value is -2.72. The number of carbonyl (C=O) groups is 2. The van der Waals surface area contributed by atoms with Gasteiger partial charge in [0, 0.05) is 0 Å². The summed E-state index contributed by atoms with van der Waals surface area (Å²) in [7, 11) is 1.57. The zero-order chi connectivity index (χ0) is 20.4. The first-order valence-electron chi connectivity index (χ1n) is 8.49. The average Bonchev–Trinajstić information content (AvgIpc) is 2.67. The van der Waals surface area contributed by atoms with E-state index in [1.807, 2.05) is 18.2 Å². The maximum Gasteiger partial charge on any atom is 0.335 e. The van der Waals surface area contributed by atoms with Crippen molar-refractivity contribution in [2.75, 3.05) is 7.11 Å². The molecule has 3 unspecified atom stereocenters. The molecule has 0 aromatic heterocycles. The van der Waals surface area contributed by atoms with Crippen molar-refractivity contribution in [3.8, 4) is 5.75 Å². The average molecular weight is 392 g/mol. The Morgan fingerprint density at radius 1 is 1.00 bits per heavy atom. The van der Waals surface area contributed by atoms with Crippen molar-refractivity contribution >= 4 is 22.7 Å². The van der Waals surface area contributed by atoms with Crippen molar-refractivity contribution in [1.82, 2.24) is 0 Å². The number of ether oxygens (including phenoxy) is 3. The fraction of sp³-hybridized carbons (Fsp3) is 0.368. The number of aliphatic carboxylic acids is 1. The monoisotopic (exact) mass is 392 g/mol. The fourth-order valence-corrected chi connectivity index (χ4v) is 3.00. The van der Waals surface area contributed by atoms with Gasteiger partial charge in [-0.2, -0.15) is 0 Å². The third kappa shape index (κ3) is 4.07. The molecule has 0 saturated carbocycles. The van der Waals surface area contributed by atoms with Crippen LogP contribution in [0.5, 0.6) is 5.75 Å². The largest absolute Gasteiger partial charge is 0.497 e. The molecule has 1 aliphatic heterocycles. The molecule has 9 heteroatoms. The Morgan fingerprint density at radius 2 is 1.68 bits per heavy atom. The minimum Gasteiger partial charge on any atom is -0.497 e. The Bertz CT molecular complexity index is 881. The molecule has 1 heterocycles. The topological polar surface area (TPSA) is 143 Å². The van der Waals surface area contributed by atoms with Gasteiger partial charge in [-0.15, -0.1) is 0 Å². The second-order valence-electron chi connectivity index (χ2n) is 6.45. The second kappa shape index (κ2) is 8.11. The van der Waals surface area contributed by atoms with Crippen LogP contribution in [0, 0.1) is 0 Å². The van der Waals surface area contributed by atoms with E-state index in [2.05, 4.69) is 0 Å². The molecule has 2 aromatic rings. The normalized spacial score (nSPS) is 27.4. The number of carboxylic acids is 1.